The summed E-state index contributed by atoms with van der Waals surface area (Å²) < 4.78 is 5.02. The zero-order valence-corrected chi connectivity index (χ0v) is 11.8. The second-order valence-corrected chi connectivity index (χ2v) is 5.55. The molecular formula is C14H20N2O4. The van der Waals surface area contributed by atoms with Gasteiger partial charge in [0.25, 0.3) is 5.91 Å². The molecule has 0 saturated carbocycles. The molecule has 0 spiro atoms. The molecule has 1 N–H and O–H groups in total. The summed E-state index contributed by atoms with van der Waals surface area (Å²) in [7, 11) is 1.56. The monoisotopic (exact) mass is 280 g/mol. The van der Waals surface area contributed by atoms with Crippen molar-refractivity contribution in [3.8, 4) is 0 Å². The Morgan fingerprint density at radius 3 is 2.90 bits per heavy atom. The molecule has 2 amide bonds. The molecular weight excluding hydrogens is 260 g/mol. The number of likely N-dealkylation sites (tertiary alicyclic amines) is 1. The highest BCUT2D eigenvalue weighted by Gasteiger charge is 2.31. The second-order valence-electron chi connectivity index (χ2n) is 5.55. The molecule has 0 aliphatic carbocycles. The Hall–Kier alpha value is -1.82. The third-order valence-electron chi connectivity index (χ3n) is 3.48. The third-order valence-corrected chi connectivity index (χ3v) is 3.48. The number of furan rings is 1. The lowest BCUT2D eigenvalue weighted by Crippen LogP contribution is -2.51. The van der Waals surface area contributed by atoms with Gasteiger partial charge in [-0.15, -0.1) is 0 Å². The first-order chi connectivity index (χ1) is 9.39. The highest BCUT2D eigenvalue weighted by molar-refractivity contribution is 5.94. The molecule has 6 nitrogen and oxygen atoms in total. The van der Waals surface area contributed by atoms with Gasteiger partial charge in [0.1, 0.15) is 0 Å². The predicted octanol–water partition coefficient (Wildman–Crippen LogP) is 0.725. The third kappa shape index (κ3) is 3.39. The lowest BCUT2D eigenvalue weighted by atomic mass is 9.95. The fourth-order valence-electron chi connectivity index (χ4n) is 2.40. The molecule has 1 aliphatic rings. The number of hydrogen-bond donors (Lipinski definition) is 1. The van der Waals surface area contributed by atoms with Crippen molar-refractivity contribution in [2.24, 2.45) is 0 Å². The summed E-state index contributed by atoms with van der Waals surface area (Å²) in [5.41, 5.74) is -0.836. The normalized spacial score (nSPS) is 22.6. The Labute approximate surface area is 118 Å². The summed E-state index contributed by atoms with van der Waals surface area (Å²) in [6.07, 6.45) is 2.89. The van der Waals surface area contributed by atoms with Crippen LogP contribution in [0.15, 0.2) is 22.8 Å². The maximum atomic E-state index is 12.2. The number of rotatable bonds is 3. The van der Waals surface area contributed by atoms with Crippen LogP contribution >= 0.6 is 0 Å². The van der Waals surface area contributed by atoms with Crippen molar-refractivity contribution >= 4 is 11.8 Å². The first-order valence-electron chi connectivity index (χ1n) is 6.68. The minimum absolute atomic E-state index is 0.0182. The summed E-state index contributed by atoms with van der Waals surface area (Å²) in [5.74, 6) is -0.273. The number of carbonyl (C=O) groups is 2. The van der Waals surface area contributed by atoms with Crippen molar-refractivity contribution in [3.63, 3.8) is 0 Å². The van der Waals surface area contributed by atoms with Gasteiger partial charge in [-0.25, -0.2) is 0 Å². The molecule has 110 valence electrons. The van der Waals surface area contributed by atoms with Gasteiger partial charge < -0.3 is 19.3 Å². The van der Waals surface area contributed by atoms with E-state index in [0.29, 0.717) is 19.5 Å². The zero-order valence-electron chi connectivity index (χ0n) is 11.8. The Bertz CT molecular complexity index is 481. The van der Waals surface area contributed by atoms with Crippen LogP contribution in [0.1, 0.15) is 30.3 Å². The lowest BCUT2D eigenvalue weighted by Gasteiger charge is -2.37. The molecule has 2 rings (SSSR count). The topological polar surface area (TPSA) is 74.0 Å². The van der Waals surface area contributed by atoms with Crippen LogP contribution in [0.5, 0.6) is 0 Å². The zero-order chi connectivity index (χ0) is 14.8. The highest BCUT2D eigenvalue weighted by Crippen LogP contribution is 2.20. The van der Waals surface area contributed by atoms with E-state index in [9.17, 15) is 14.7 Å². The summed E-state index contributed by atoms with van der Waals surface area (Å²) in [6, 6.07) is 3.19. The molecule has 1 atom stereocenters. The fraction of sp³-hybridized carbons (Fsp3) is 0.571. The van der Waals surface area contributed by atoms with Crippen molar-refractivity contribution in [3.05, 3.63) is 24.2 Å². The van der Waals surface area contributed by atoms with Gasteiger partial charge in [-0.3, -0.25) is 9.59 Å². The summed E-state index contributed by atoms with van der Waals surface area (Å²) in [5, 5.41) is 10.00. The average molecular weight is 280 g/mol. The first kappa shape index (κ1) is 14.6. The van der Waals surface area contributed by atoms with Crippen molar-refractivity contribution in [1.29, 1.82) is 0 Å². The highest BCUT2D eigenvalue weighted by atomic mass is 16.3. The van der Waals surface area contributed by atoms with E-state index in [1.807, 2.05) is 0 Å². The van der Waals surface area contributed by atoms with Crippen molar-refractivity contribution in [1.82, 2.24) is 9.80 Å². The van der Waals surface area contributed by atoms with Crippen LogP contribution in [0.25, 0.3) is 0 Å². The van der Waals surface area contributed by atoms with Crippen LogP contribution in [0.3, 0.4) is 0 Å². The largest absolute Gasteiger partial charge is 0.459 e. The standard InChI is InChI=1S/C14H20N2O4/c1-14(19)6-4-7-16(10-14)12(17)9-15(2)13(18)11-5-3-8-20-11/h3,5,8,19H,4,6-7,9-10H2,1-2H3. The van der Waals surface area contributed by atoms with Gasteiger partial charge >= 0.3 is 0 Å². The minimum atomic E-state index is -0.836. The molecule has 0 radical (unpaired) electrons. The first-order valence-corrected chi connectivity index (χ1v) is 6.68. The predicted molar refractivity (Wildman–Crippen MR) is 72.1 cm³/mol. The lowest BCUT2D eigenvalue weighted by molar-refractivity contribution is -0.137. The van der Waals surface area contributed by atoms with Gasteiger partial charge in [-0.1, -0.05) is 0 Å². The quantitative estimate of drug-likeness (QED) is 0.885. The molecule has 1 aliphatic heterocycles. The van der Waals surface area contributed by atoms with Crippen LogP contribution in [-0.2, 0) is 4.79 Å². The molecule has 1 aromatic rings. The summed E-state index contributed by atoms with van der Waals surface area (Å²) in [4.78, 5) is 27.1. The maximum Gasteiger partial charge on any atom is 0.289 e. The van der Waals surface area contributed by atoms with Crippen LogP contribution in [0.2, 0.25) is 0 Å². The molecule has 0 bridgehead atoms. The van der Waals surface area contributed by atoms with Gasteiger partial charge in [0.05, 0.1) is 18.4 Å². The second kappa shape index (κ2) is 5.66. The van der Waals surface area contributed by atoms with E-state index in [2.05, 4.69) is 0 Å². The van der Waals surface area contributed by atoms with Gasteiger partial charge in [0.2, 0.25) is 5.91 Å². The molecule has 1 unspecified atom stereocenters. The molecule has 1 aromatic heterocycles. The Balaban J connectivity index is 1.92. The fourth-order valence-corrected chi connectivity index (χ4v) is 2.40. The molecule has 1 fully saturated rings. The van der Waals surface area contributed by atoms with E-state index in [4.69, 9.17) is 4.42 Å². The molecule has 20 heavy (non-hydrogen) atoms. The van der Waals surface area contributed by atoms with Gasteiger partial charge in [-0.2, -0.15) is 0 Å². The number of aliphatic hydroxyl groups is 1. The van der Waals surface area contributed by atoms with Gasteiger partial charge in [0.15, 0.2) is 5.76 Å². The Morgan fingerprint density at radius 2 is 2.30 bits per heavy atom. The van der Waals surface area contributed by atoms with Crippen LogP contribution < -0.4 is 0 Å². The van der Waals surface area contributed by atoms with E-state index >= 15 is 0 Å². The summed E-state index contributed by atoms with van der Waals surface area (Å²) >= 11 is 0. The molecule has 1 saturated heterocycles. The number of piperidine rings is 1. The van der Waals surface area contributed by atoms with Crippen molar-refractivity contribution < 1.29 is 19.1 Å². The average Bonchev–Trinajstić information content (AvgIpc) is 2.90. The van der Waals surface area contributed by atoms with Crippen LogP contribution in [-0.4, -0.2) is 59.0 Å². The van der Waals surface area contributed by atoms with Crippen molar-refractivity contribution in [2.75, 3.05) is 26.7 Å². The SMILES string of the molecule is CN(CC(=O)N1CCCC(C)(O)C1)C(=O)c1ccco1. The Morgan fingerprint density at radius 1 is 1.55 bits per heavy atom. The molecule has 6 heteroatoms. The smallest absolute Gasteiger partial charge is 0.289 e. The van der Waals surface area contributed by atoms with Gasteiger partial charge in [-0.05, 0) is 31.9 Å². The molecule has 2 heterocycles. The number of nitrogens with zero attached hydrogens (tertiary/aromatic N) is 2. The van der Waals surface area contributed by atoms with E-state index in [1.54, 1.807) is 31.0 Å². The number of likely N-dealkylation sites (N-methyl/N-ethyl adjacent to an activating group) is 1. The van der Waals surface area contributed by atoms with Gasteiger partial charge in [0, 0.05) is 20.1 Å². The van der Waals surface area contributed by atoms with Crippen LogP contribution in [0, 0.1) is 0 Å². The molecule has 0 aromatic carbocycles. The number of carbonyl (C=O) groups excluding carboxylic acids is 2. The Kier molecular flexibility index (Phi) is 4.13. The van der Waals surface area contributed by atoms with Crippen LogP contribution in [0.4, 0.5) is 0 Å². The van der Waals surface area contributed by atoms with E-state index in [0.717, 1.165) is 6.42 Å². The number of hydrogen-bond acceptors (Lipinski definition) is 4. The number of β-amino-alcohol motifs (C(OH)–C–C–N with tert-alkyl or cyclic N) is 1. The minimum Gasteiger partial charge on any atom is -0.459 e. The van der Waals surface area contributed by atoms with E-state index < -0.39 is 5.60 Å². The van der Waals surface area contributed by atoms with E-state index in [-0.39, 0.29) is 24.1 Å². The summed E-state index contributed by atoms with van der Waals surface area (Å²) in [6.45, 7) is 2.64. The van der Waals surface area contributed by atoms with Crippen molar-refractivity contribution in [2.45, 2.75) is 25.4 Å². The van der Waals surface area contributed by atoms with E-state index in [1.165, 1.54) is 11.2 Å². The maximum absolute atomic E-state index is 12.2. The number of amides is 2.